The number of nitrogens with two attached hydrogens (primary N) is 1. The number of nitrogen functional groups attached to an aromatic ring is 1. The number of ether oxygens (including phenoxy) is 1. The lowest BCUT2D eigenvalue weighted by atomic mass is 10.0. The molecule has 1 amide bonds. The molecule has 0 radical (unpaired) electrons. The van der Waals surface area contributed by atoms with Crippen molar-refractivity contribution in [2.45, 2.75) is 32.5 Å². The zero-order valence-corrected chi connectivity index (χ0v) is 10.6. The summed E-state index contributed by atoms with van der Waals surface area (Å²) < 4.78 is 5.55. The molecule has 0 aliphatic carbocycles. The molecular formula is C14H18N2O2. The highest BCUT2D eigenvalue weighted by atomic mass is 16.5. The Labute approximate surface area is 107 Å². The van der Waals surface area contributed by atoms with Crippen molar-refractivity contribution < 1.29 is 9.53 Å². The number of amides is 1. The van der Waals surface area contributed by atoms with Gasteiger partial charge in [0.15, 0.2) is 0 Å². The molecule has 18 heavy (non-hydrogen) atoms. The van der Waals surface area contributed by atoms with Crippen LogP contribution in [0.25, 0.3) is 0 Å². The molecule has 0 spiro atoms. The lowest BCUT2D eigenvalue weighted by Gasteiger charge is -2.21. The van der Waals surface area contributed by atoms with Gasteiger partial charge in [0, 0.05) is 25.4 Å². The Hall–Kier alpha value is -1.55. The maximum absolute atomic E-state index is 12.4. The fraction of sp³-hybridized carbons (Fsp3) is 0.500. The summed E-state index contributed by atoms with van der Waals surface area (Å²) >= 11 is 0. The second-order valence-corrected chi connectivity index (χ2v) is 5.28. The van der Waals surface area contributed by atoms with Gasteiger partial charge < -0.3 is 15.4 Å². The van der Waals surface area contributed by atoms with Gasteiger partial charge in [-0.05, 0) is 35.6 Å². The average molecular weight is 246 g/mol. The second kappa shape index (κ2) is 4.28. The number of hydrogen-bond donors (Lipinski definition) is 1. The Morgan fingerprint density at radius 3 is 2.89 bits per heavy atom. The fourth-order valence-corrected chi connectivity index (χ4v) is 2.76. The summed E-state index contributed by atoms with van der Waals surface area (Å²) in [7, 11) is 0. The molecule has 0 saturated carbocycles. The first-order valence-electron chi connectivity index (χ1n) is 6.43. The minimum atomic E-state index is -0.253. The highest BCUT2D eigenvalue weighted by Crippen LogP contribution is 2.28. The molecule has 96 valence electrons. The van der Waals surface area contributed by atoms with Gasteiger partial charge in [0.25, 0.3) is 5.91 Å². The number of hydrogen-bond acceptors (Lipinski definition) is 3. The number of carbonyl (C=O) groups is 1. The van der Waals surface area contributed by atoms with Gasteiger partial charge in [-0.2, -0.15) is 0 Å². The number of carbonyl (C=O) groups excluding carboxylic acids is 1. The van der Waals surface area contributed by atoms with Gasteiger partial charge in [0.1, 0.15) is 6.10 Å². The highest BCUT2D eigenvalue weighted by Gasteiger charge is 2.36. The van der Waals surface area contributed by atoms with Gasteiger partial charge in [0.05, 0.1) is 0 Å². The lowest BCUT2D eigenvalue weighted by Crippen LogP contribution is -2.38. The molecule has 4 heteroatoms. The van der Waals surface area contributed by atoms with Gasteiger partial charge >= 0.3 is 0 Å². The third-order valence-corrected chi connectivity index (χ3v) is 3.90. The summed E-state index contributed by atoms with van der Waals surface area (Å²) in [6.07, 6.45) is 0.723. The Kier molecular flexibility index (Phi) is 2.74. The van der Waals surface area contributed by atoms with Crippen molar-refractivity contribution in [2.24, 2.45) is 5.92 Å². The lowest BCUT2D eigenvalue weighted by molar-refractivity contribution is -0.143. The number of benzene rings is 1. The standard InChI is InChI=1S/C14H18N2O2/c1-9-4-5-18-13(9)14(17)16-7-10-2-3-12(15)6-11(10)8-16/h2-3,6,9,13H,4-5,7-8,15H2,1H3. The van der Waals surface area contributed by atoms with Crippen molar-refractivity contribution in [3.63, 3.8) is 0 Å². The van der Waals surface area contributed by atoms with Gasteiger partial charge in [-0.1, -0.05) is 13.0 Å². The van der Waals surface area contributed by atoms with Gasteiger partial charge in [-0.15, -0.1) is 0 Å². The molecule has 2 aliphatic heterocycles. The van der Waals surface area contributed by atoms with Crippen LogP contribution in [0.15, 0.2) is 18.2 Å². The SMILES string of the molecule is CC1CCOC1C(=O)N1Cc2ccc(N)cc2C1. The van der Waals surface area contributed by atoms with Crippen LogP contribution < -0.4 is 5.73 Å². The molecule has 4 nitrogen and oxygen atoms in total. The normalized spacial score (nSPS) is 26.4. The number of anilines is 1. The third-order valence-electron chi connectivity index (χ3n) is 3.90. The average Bonchev–Trinajstić information content (AvgIpc) is 2.93. The van der Waals surface area contributed by atoms with Crippen molar-refractivity contribution in [3.8, 4) is 0 Å². The van der Waals surface area contributed by atoms with E-state index in [0.29, 0.717) is 25.6 Å². The van der Waals surface area contributed by atoms with Crippen molar-refractivity contribution in [1.82, 2.24) is 4.90 Å². The molecule has 1 saturated heterocycles. The summed E-state index contributed by atoms with van der Waals surface area (Å²) in [4.78, 5) is 14.3. The van der Waals surface area contributed by atoms with E-state index in [0.717, 1.165) is 17.7 Å². The van der Waals surface area contributed by atoms with E-state index in [-0.39, 0.29) is 12.0 Å². The van der Waals surface area contributed by atoms with E-state index in [1.807, 2.05) is 23.1 Å². The molecule has 2 atom stereocenters. The van der Waals surface area contributed by atoms with Gasteiger partial charge in [-0.25, -0.2) is 0 Å². The van der Waals surface area contributed by atoms with Crippen LogP contribution in [0, 0.1) is 5.92 Å². The monoisotopic (exact) mass is 246 g/mol. The maximum Gasteiger partial charge on any atom is 0.252 e. The summed E-state index contributed by atoms with van der Waals surface area (Å²) in [6.45, 7) is 4.12. The predicted molar refractivity (Wildman–Crippen MR) is 68.6 cm³/mol. The van der Waals surface area contributed by atoms with E-state index in [9.17, 15) is 4.79 Å². The predicted octanol–water partition coefficient (Wildman–Crippen LogP) is 1.54. The highest BCUT2D eigenvalue weighted by molar-refractivity contribution is 5.82. The third kappa shape index (κ3) is 1.86. The van der Waals surface area contributed by atoms with E-state index in [4.69, 9.17) is 10.5 Å². The van der Waals surface area contributed by atoms with Crippen molar-refractivity contribution in [3.05, 3.63) is 29.3 Å². The Bertz CT molecular complexity index is 487. The van der Waals surface area contributed by atoms with Crippen LogP contribution in [0.5, 0.6) is 0 Å². The topological polar surface area (TPSA) is 55.6 Å². The Morgan fingerprint density at radius 1 is 1.39 bits per heavy atom. The molecule has 1 aromatic rings. The van der Waals surface area contributed by atoms with Crippen molar-refractivity contribution in [2.75, 3.05) is 12.3 Å². The molecule has 1 fully saturated rings. The number of nitrogens with zero attached hydrogens (tertiary/aromatic N) is 1. The molecule has 0 aromatic heterocycles. The summed E-state index contributed by atoms with van der Waals surface area (Å²) in [6, 6.07) is 5.86. The van der Waals surface area contributed by atoms with Crippen LogP contribution in [0.4, 0.5) is 5.69 Å². The Balaban J connectivity index is 1.75. The van der Waals surface area contributed by atoms with Crippen LogP contribution in [0.1, 0.15) is 24.5 Å². The second-order valence-electron chi connectivity index (χ2n) is 5.28. The Morgan fingerprint density at radius 2 is 2.17 bits per heavy atom. The largest absolute Gasteiger partial charge is 0.399 e. The summed E-state index contributed by atoms with van der Waals surface area (Å²) in [5, 5.41) is 0. The molecule has 2 heterocycles. The van der Waals surface area contributed by atoms with Crippen LogP contribution in [-0.4, -0.2) is 23.5 Å². The first kappa shape index (κ1) is 11.5. The smallest absolute Gasteiger partial charge is 0.252 e. The molecule has 2 aliphatic rings. The summed E-state index contributed by atoms with van der Waals surface area (Å²) in [5.74, 6) is 0.445. The fourth-order valence-electron chi connectivity index (χ4n) is 2.76. The number of rotatable bonds is 1. The van der Waals surface area contributed by atoms with Crippen LogP contribution in [0.3, 0.4) is 0 Å². The quantitative estimate of drug-likeness (QED) is 0.765. The van der Waals surface area contributed by atoms with Crippen LogP contribution >= 0.6 is 0 Å². The minimum absolute atomic E-state index is 0.120. The molecule has 2 unspecified atom stereocenters. The molecule has 2 N–H and O–H groups in total. The first-order valence-corrected chi connectivity index (χ1v) is 6.43. The molecule has 0 bridgehead atoms. The van der Waals surface area contributed by atoms with E-state index < -0.39 is 0 Å². The van der Waals surface area contributed by atoms with Gasteiger partial charge in [0.2, 0.25) is 0 Å². The molecule has 3 rings (SSSR count). The first-order chi connectivity index (χ1) is 8.65. The van der Waals surface area contributed by atoms with Gasteiger partial charge in [-0.3, -0.25) is 4.79 Å². The maximum atomic E-state index is 12.4. The zero-order valence-electron chi connectivity index (χ0n) is 10.6. The van der Waals surface area contributed by atoms with E-state index in [1.54, 1.807) is 0 Å². The summed E-state index contributed by atoms with van der Waals surface area (Å²) in [5.41, 5.74) is 8.88. The molecular weight excluding hydrogens is 228 g/mol. The van der Waals surface area contributed by atoms with Crippen LogP contribution in [-0.2, 0) is 22.6 Å². The van der Waals surface area contributed by atoms with E-state index >= 15 is 0 Å². The minimum Gasteiger partial charge on any atom is -0.399 e. The van der Waals surface area contributed by atoms with Crippen molar-refractivity contribution in [1.29, 1.82) is 0 Å². The van der Waals surface area contributed by atoms with E-state index in [1.165, 1.54) is 5.56 Å². The zero-order chi connectivity index (χ0) is 12.7. The van der Waals surface area contributed by atoms with Crippen molar-refractivity contribution >= 4 is 11.6 Å². The number of fused-ring (bicyclic) bond motifs is 1. The molecule has 1 aromatic carbocycles. The van der Waals surface area contributed by atoms with E-state index in [2.05, 4.69) is 6.92 Å². The van der Waals surface area contributed by atoms with Crippen LogP contribution in [0.2, 0.25) is 0 Å².